The molecule has 0 heterocycles. The highest BCUT2D eigenvalue weighted by Gasteiger charge is 2.23. The number of hydrogen-bond acceptors (Lipinski definition) is 4. The third-order valence-corrected chi connectivity index (χ3v) is 3.56. The van der Waals surface area contributed by atoms with Crippen LogP contribution in [0.3, 0.4) is 0 Å². The zero-order valence-electron chi connectivity index (χ0n) is 12.4. The van der Waals surface area contributed by atoms with Crippen molar-refractivity contribution in [2.45, 2.75) is 25.4 Å². The molecule has 0 unspecified atom stereocenters. The van der Waals surface area contributed by atoms with Gasteiger partial charge in [-0.05, 0) is 37.6 Å². The summed E-state index contributed by atoms with van der Waals surface area (Å²) in [6.45, 7) is 1.03. The number of hydrogen-bond donors (Lipinski definition) is 2. The van der Waals surface area contributed by atoms with Crippen molar-refractivity contribution in [3.63, 3.8) is 0 Å². The quantitative estimate of drug-likeness (QED) is 0.737. The first kappa shape index (κ1) is 15.7. The number of methoxy groups -OCH3 is 1. The number of rotatable bonds is 7. The van der Waals surface area contributed by atoms with Gasteiger partial charge in [-0.2, -0.15) is 0 Å². The number of carbonyl (C=O) groups is 1. The van der Waals surface area contributed by atoms with Crippen molar-refractivity contribution >= 4 is 23.1 Å². The lowest BCUT2D eigenvalue weighted by atomic mass is 10.1. The van der Waals surface area contributed by atoms with Crippen LogP contribution in [-0.2, 0) is 11.3 Å². The highest BCUT2D eigenvalue weighted by atomic mass is 32.1. The van der Waals surface area contributed by atoms with E-state index in [1.54, 1.807) is 7.11 Å². The minimum absolute atomic E-state index is 0.0723. The average Bonchev–Trinajstić information content (AvgIpc) is 3.22. The van der Waals surface area contributed by atoms with Crippen LogP contribution >= 0.6 is 12.2 Å². The predicted octanol–water partition coefficient (Wildman–Crippen LogP) is 1.04. The van der Waals surface area contributed by atoms with Gasteiger partial charge in [0, 0.05) is 12.6 Å². The summed E-state index contributed by atoms with van der Waals surface area (Å²) in [6, 6.07) is 6.11. The molecule has 114 valence electrons. The van der Waals surface area contributed by atoms with E-state index in [0.29, 0.717) is 29.9 Å². The number of ether oxygens (including phenoxy) is 1. The Balaban J connectivity index is 1.96. The maximum absolute atomic E-state index is 11.8. The Morgan fingerprint density at radius 3 is 2.81 bits per heavy atom. The second-order valence-electron chi connectivity index (χ2n) is 5.41. The van der Waals surface area contributed by atoms with E-state index in [2.05, 4.69) is 5.32 Å². The van der Waals surface area contributed by atoms with E-state index < -0.39 is 0 Å². The van der Waals surface area contributed by atoms with Crippen LogP contribution in [0.15, 0.2) is 18.2 Å². The number of likely N-dealkylation sites (N-methyl/N-ethyl adjacent to an activating group) is 1. The van der Waals surface area contributed by atoms with Crippen molar-refractivity contribution in [2.24, 2.45) is 5.73 Å². The number of carbonyl (C=O) groups excluding carboxylic acids is 1. The Morgan fingerprint density at radius 1 is 1.52 bits per heavy atom. The summed E-state index contributed by atoms with van der Waals surface area (Å²) in [7, 11) is 3.50. The van der Waals surface area contributed by atoms with Gasteiger partial charge in [-0.25, -0.2) is 0 Å². The van der Waals surface area contributed by atoms with Gasteiger partial charge in [0.1, 0.15) is 10.7 Å². The SMILES string of the molecule is COc1ccc(CN(C)CC(=O)NC2CC2)cc1C(N)=S. The molecular formula is C15H21N3O2S. The summed E-state index contributed by atoms with van der Waals surface area (Å²) in [5.41, 5.74) is 7.47. The minimum Gasteiger partial charge on any atom is -0.496 e. The summed E-state index contributed by atoms with van der Waals surface area (Å²) in [5, 5.41) is 2.98. The fourth-order valence-corrected chi connectivity index (χ4v) is 2.32. The molecule has 1 aliphatic rings. The Morgan fingerprint density at radius 2 is 2.24 bits per heavy atom. The molecule has 0 bridgehead atoms. The van der Waals surface area contributed by atoms with Gasteiger partial charge in [-0.1, -0.05) is 18.3 Å². The van der Waals surface area contributed by atoms with Crippen LogP contribution in [-0.4, -0.2) is 42.5 Å². The summed E-state index contributed by atoms with van der Waals surface area (Å²) in [4.78, 5) is 14.0. The highest BCUT2D eigenvalue weighted by Crippen LogP contribution is 2.21. The molecule has 1 aliphatic carbocycles. The first-order valence-corrected chi connectivity index (χ1v) is 7.35. The first-order valence-electron chi connectivity index (χ1n) is 6.94. The van der Waals surface area contributed by atoms with E-state index in [4.69, 9.17) is 22.7 Å². The molecule has 1 aromatic rings. The molecule has 3 N–H and O–H groups in total. The zero-order chi connectivity index (χ0) is 15.4. The molecule has 0 radical (unpaired) electrons. The molecule has 1 aromatic carbocycles. The Labute approximate surface area is 130 Å². The molecule has 5 nitrogen and oxygen atoms in total. The number of benzene rings is 1. The van der Waals surface area contributed by atoms with Crippen molar-refractivity contribution in [2.75, 3.05) is 20.7 Å². The molecule has 0 aromatic heterocycles. The second-order valence-corrected chi connectivity index (χ2v) is 5.85. The van der Waals surface area contributed by atoms with Crippen molar-refractivity contribution in [3.8, 4) is 5.75 Å². The van der Waals surface area contributed by atoms with Crippen LogP contribution in [0, 0.1) is 0 Å². The minimum atomic E-state index is 0.0723. The van der Waals surface area contributed by atoms with Gasteiger partial charge in [-0.3, -0.25) is 9.69 Å². The van der Waals surface area contributed by atoms with Crippen molar-refractivity contribution in [1.29, 1.82) is 0 Å². The summed E-state index contributed by atoms with van der Waals surface area (Å²) in [6.07, 6.45) is 2.20. The Kier molecular flexibility index (Phi) is 5.14. The number of thiocarbonyl (C=S) groups is 1. The molecule has 1 amide bonds. The van der Waals surface area contributed by atoms with E-state index in [1.807, 2.05) is 30.1 Å². The molecule has 0 atom stereocenters. The summed E-state index contributed by atoms with van der Waals surface area (Å²) >= 11 is 5.03. The van der Waals surface area contributed by atoms with Crippen molar-refractivity contribution in [1.82, 2.24) is 10.2 Å². The first-order chi connectivity index (χ1) is 9.99. The van der Waals surface area contributed by atoms with Gasteiger partial charge < -0.3 is 15.8 Å². The molecule has 0 saturated heterocycles. The number of nitrogens with two attached hydrogens (primary N) is 1. The normalized spacial score (nSPS) is 14.0. The fourth-order valence-electron chi connectivity index (χ4n) is 2.16. The van der Waals surface area contributed by atoms with Gasteiger partial charge in [-0.15, -0.1) is 0 Å². The lowest BCUT2D eigenvalue weighted by molar-refractivity contribution is -0.122. The van der Waals surface area contributed by atoms with Crippen LogP contribution in [0.4, 0.5) is 0 Å². The van der Waals surface area contributed by atoms with E-state index in [0.717, 1.165) is 24.0 Å². The standard InChI is InChI=1S/C15H21N3O2S/c1-18(9-14(19)17-11-4-5-11)8-10-3-6-13(20-2)12(7-10)15(16)21/h3,6-7,11H,4-5,8-9H2,1-2H3,(H2,16,21)(H,17,19). The molecule has 0 spiro atoms. The lowest BCUT2D eigenvalue weighted by Gasteiger charge is -2.17. The Bertz CT molecular complexity index is 544. The van der Waals surface area contributed by atoms with Gasteiger partial charge in [0.05, 0.1) is 19.2 Å². The monoisotopic (exact) mass is 307 g/mol. The van der Waals surface area contributed by atoms with Gasteiger partial charge in [0.15, 0.2) is 0 Å². The largest absolute Gasteiger partial charge is 0.496 e. The molecule has 1 fully saturated rings. The van der Waals surface area contributed by atoms with Crippen LogP contribution in [0.2, 0.25) is 0 Å². The maximum atomic E-state index is 11.8. The van der Waals surface area contributed by atoms with Gasteiger partial charge in [0.25, 0.3) is 0 Å². The second kappa shape index (κ2) is 6.87. The molecule has 0 aliphatic heterocycles. The number of nitrogens with one attached hydrogen (secondary N) is 1. The summed E-state index contributed by atoms with van der Waals surface area (Å²) < 4.78 is 5.24. The molecular weight excluding hydrogens is 286 g/mol. The van der Waals surface area contributed by atoms with Crippen LogP contribution in [0.5, 0.6) is 5.75 Å². The molecule has 21 heavy (non-hydrogen) atoms. The van der Waals surface area contributed by atoms with Crippen LogP contribution in [0.1, 0.15) is 24.0 Å². The van der Waals surface area contributed by atoms with E-state index in [1.165, 1.54) is 0 Å². The third kappa shape index (κ3) is 4.68. The van der Waals surface area contributed by atoms with E-state index in [-0.39, 0.29) is 5.91 Å². The predicted molar refractivity (Wildman–Crippen MR) is 86.4 cm³/mol. The fraction of sp³-hybridized carbons (Fsp3) is 0.467. The Hall–Kier alpha value is -1.66. The van der Waals surface area contributed by atoms with Gasteiger partial charge >= 0.3 is 0 Å². The third-order valence-electron chi connectivity index (χ3n) is 3.34. The highest BCUT2D eigenvalue weighted by molar-refractivity contribution is 7.80. The van der Waals surface area contributed by atoms with Crippen molar-refractivity contribution in [3.05, 3.63) is 29.3 Å². The maximum Gasteiger partial charge on any atom is 0.234 e. The zero-order valence-corrected chi connectivity index (χ0v) is 13.2. The number of nitrogens with zero attached hydrogens (tertiary/aromatic N) is 1. The number of amides is 1. The topological polar surface area (TPSA) is 67.6 Å². The molecule has 6 heteroatoms. The van der Waals surface area contributed by atoms with Crippen molar-refractivity contribution < 1.29 is 9.53 Å². The van der Waals surface area contributed by atoms with E-state index >= 15 is 0 Å². The smallest absolute Gasteiger partial charge is 0.234 e. The summed E-state index contributed by atoms with van der Waals surface area (Å²) in [5.74, 6) is 0.739. The van der Waals surface area contributed by atoms with E-state index in [9.17, 15) is 4.79 Å². The van der Waals surface area contributed by atoms with Crippen LogP contribution in [0.25, 0.3) is 0 Å². The molecule has 2 rings (SSSR count). The molecule has 1 saturated carbocycles. The van der Waals surface area contributed by atoms with Gasteiger partial charge in [0.2, 0.25) is 5.91 Å². The lowest BCUT2D eigenvalue weighted by Crippen LogP contribution is -2.35. The average molecular weight is 307 g/mol. The van der Waals surface area contributed by atoms with Crippen LogP contribution < -0.4 is 15.8 Å².